The van der Waals surface area contributed by atoms with Crippen molar-refractivity contribution in [2.45, 2.75) is 19.6 Å². The van der Waals surface area contributed by atoms with Crippen LogP contribution in [0, 0.1) is 0 Å². The highest BCUT2D eigenvalue weighted by atomic mass is 19.4. The quantitative estimate of drug-likeness (QED) is 0.864. The first-order valence-corrected chi connectivity index (χ1v) is 5.37. The highest BCUT2D eigenvalue weighted by Crippen LogP contribution is 2.24. The first-order valence-electron chi connectivity index (χ1n) is 5.37. The third-order valence-corrected chi connectivity index (χ3v) is 2.34. The molecular weight excluding hydrogens is 231 g/mol. The topological polar surface area (TPSA) is 28.2 Å². The van der Waals surface area contributed by atoms with Gasteiger partial charge < -0.3 is 10.2 Å². The van der Waals surface area contributed by atoms with Crippen molar-refractivity contribution in [2.75, 3.05) is 25.0 Å². The number of hydrogen-bond acceptors (Lipinski definition) is 3. The molecule has 0 atom stereocenters. The molecule has 0 unspecified atom stereocenters. The lowest BCUT2D eigenvalue weighted by Crippen LogP contribution is -2.35. The van der Waals surface area contributed by atoms with Gasteiger partial charge in [-0.05, 0) is 20.0 Å². The number of hydrogen-bond donors (Lipinski definition) is 1. The Kier molecular flexibility index (Phi) is 4.74. The van der Waals surface area contributed by atoms with E-state index in [1.807, 2.05) is 0 Å². The van der Waals surface area contributed by atoms with Crippen molar-refractivity contribution in [2.24, 2.45) is 0 Å². The van der Waals surface area contributed by atoms with Crippen molar-refractivity contribution in [1.29, 1.82) is 0 Å². The minimum Gasteiger partial charge on any atom is -0.363 e. The summed E-state index contributed by atoms with van der Waals surface area (Å²) in [7, 11) is 1.75. The van der Waals surface area contributed by atoms with Crippen LogP contribution in [0.15, 0.2) is 18.5 Å². The average molecular weight is 247 g/mol. The van der Waals surface area contributed by atoms with E-state index in [0.717, 1.165) is 5.56 Å². The van der Waals surface area contributed by atoms with E-state index in [1.54, 1.807) is 26.2 Å². The van der Waals surface area contributed by atoms with Crippen molar-refractivity contribution >= 4 is 5.69 Å². The Morgan fingerprint density at radius 2 is 2.12 bits per heavy atom. The molecule has 1 rings (SSSR count). The largest absolute Gasteiger partial charge is 0.405 e. The van der Waals surface area contributed by atoms with E-state index in [9.17, 15) is 13.2 Å². The summed E-state index contributed by atoms with van der Waals surface area (Å²) in [5, 5.41) is 2.92. The molecule has 0 spiro atoms. The number of alkyl halides is 3. The zero-order chi connectivity index (χ0) is 12.9. The molecule has 1 heterocycles. The van der Waals surface area contributed by atoms with Crippen LogP contribution in [0.4, 0.5) is 18.9 Å². The zero-order valence-electron chi connectivity index (χ0n) is 9.88. The van der Waals surface area contributed by atoms with Crippen LogP contribution in [-0.4, -0.2) is 31.3 Å². The van der Waals surface area contributed by atoms with Crippen LogP contribution in [0.3, 0.4) is 0 Å². The Morgan fingerprint density at radius 3 is 2.65 bits per heavy atom. The van der Waals surface area contributed by atoms with Crippen LogP contribution in [0.1, 0.15) is 12.5 Å². The molecule has 3 nitrogen and oxygen atoms in total. The molecule has 0 saturated heterocycles. The number of pyridine rings is 1. The molecule has 6 heteroatoms. The Labute approximate surface area is 98.6 Å². The lowest BCUT2D eigenvalue weighted by atomic mass is 10.2. The van der Waals surface area contributed by atoms with Gasteiger partial charge in [0.05, 0.1) is 0 Å². The summed E-state index contributed by atoms with van der Waals surface area (Å²) in [6, 6.07) is 1.61. The van der Waals surface area contributed by atoms with E-state index in [4.69, 9.17) is 0 Å². The Bertz CT molecular complexity index is 352. The van der Waals surface area contributed by atoms with Gasteiger partial charge in [0.1, 0.15) is 6.54 Å². The first kappa shape index (κ1) is 13.8. The summed E-state index contributed by atoms with van der Waals surface area (Å²) in [6.07, 6.45) is -1.10. The molecule has 0 bridgehead atoms. The number of rotatable bonds is 5. The normalized spacial score (nSPS) is 11.6. The summed E-state index contributed by atoms with van der Waals surface area (Å²) in [6.45, 7) is 1.57. The predicted molar refractivity (Wildman–Crippen MR) is 60.9 cm³/mol. The van der Waals surface area contributed by atoms with Gasteiger partial charge >= 0.3 is 6.18 Å². The number of nitrogens with one attached hydrogen (secondary N) is 1. The summed E-state index contributed by atoms with van der Waals surface area (Å²) in [4.78, 5) is 5.23. The number of aromatic nitrogens is 1. The molecular formula is C11H16F3N3. The number of halogens is 3. The maximum Gasteiger partial charge on any atom is 0.405 e. The molecule has 0 aliphatic heterocycles. The minimum absolute atomic E-state index is 0.306. The minimum atomic E-state index is -4.20. The molecule has 1 N–H and O–H groups in total. The third kappa shape index (κ3) is 4.22. The molecule has 1 aromatic heterocycles. The second-order valence-electron chi connectivity index (χ2n) is 3.66. The van der Waals surface area contributed by atoms with E-state index in [0.29, 0.717) is 18.8 Å². The molecule has 0 aromatic carbocycles. The SMILES string of the molecule is CCN(CC(F)(F)F)c1ccncc1CNC. The number of nitrogens with zero attached hydrogens (tertiary/aromatic N) is 2. The van der Waals surface area contributed by atoms with Crippen LogP contribution in [0.2, 0.25) is 0 Å². The predicted octanol–water partition coefficient (Wildman–Crippen LogP) is 2.19. The summed E-state index contributed by atoms with van der Waals surface area (Å²) in [5.74, 6) is 0. The van der Waals surface area contributed by atoms with Crippen LogP contribution in [-0.2, 0) is 6.54 Å². The summed E-state index contributed by atoms with van der Waals surface area (Å²) in [5.41, 5.74) is 1.34. The van der Waals surface area contributed by atoms with Crippen molar-refractivity contribution in [1.82, 2.24) is 10.3 Å². The van der Waals surface area contributed by atoms with Crippen LogP contribution in [0.5, 0.6) is 0 Å². The van der Waals surface area contributed by atoms with E-state index in [1.165, 1.54) is 11.1 Å². The third-order valence-electron chi connectivity index (χ3n) is 2.34. The van der Waals surface area contributed by atoms with Gasteiger partial charge in [0.15, 0.2) is 0 Å². The van der Waals surface area contributed by atoms with Crippen LogP contribution >= 0.6 is 0 Å². The van der Waals surface area contributed by atoms with Gasteiger partial charge in [0.25, 0.3) is 0 Å². The zero-order valence-corrected chi connectivity index (χ0v) is 9.88. The standard InChI is InChI=1S/C11H16F3N3/c1-3-17(8-11(12,13)14)10-4-5-16-7-9(10)6-15-2/h4-5,7,15H,3,6,8H2,1-2H3. The molecule has 17 heavy (non-hydrogen) atoms. The van der Waals surface area contributed by atoms with E-state index >= 15 is 0 Å². The fourth-order valence-electron chi connectivity index (χ4n) is 1.64. The Hall–Kier alpha value is -1.30. The lowest BCUT2D eigenvalue weighted by Gasteiger charge is -2.26. The molecule has 0 aliphatic rings. The highest BCUT2D eigenvalue weighted by Gasteiger charge is 2.30. The van der Waals surface area contributed by atoms with Crippen LogP contribution < -0.4 is 10.2 Å². The fourth-order valence-corrected chi connectivity index (χ4v) is 1.64. The maximum atomic E-state index is 12.4. The smallest absolute Gasteiger partial charge is 0.363 e. The van der Waals surface area contributed by atoms with Gasteiger partial charge in [-0.3, -0.25) is 4.98 Å². The molecule has 0 amide bonds. The number of anilines is 1. The van der Waals surface area contributed by atoms with Gasteiger partial charge in [-0.15, -0.1) is 0 Å². The first-order chi connectivity index (χ1) is 7.98. The van der Waals surface area contributed by atoms with Gasteiger partial charge in [-0.2, -0.15) is 13.2 Å². The van der Waals surface area contributed by atoms with E-state index in [2.05, 4.69) is 10.3 Å². The molecule has 0 radical (unpaired) electrons. The maximum absolute atomic E-state index is 12.4. The molecule has 96 valence electrons. The lowest BCUT2D eigenvalue weighted by molar-refractivity contribution is -0.119. The second kappa shape index (κ2) is 5.86. The van der Waals surface area contributed by atoms with Crippen molar-refractivity contribution in [3.8, 4) is 0 Å². The van der Waals surface area contributed by atoms with Crippen molar-refractivity contribution < 1.29 is 13.2 Å². The van der Waals surface area contributed by atoms with Gasteiger partial charge in [-0.1, -0.05) is 0 Å². The summed E-state index contributed by atoms with van der Waals surface area (Å²) >= 11 is 0. The molecule has 1 aromatic rings. The van der Waals surface area contributed by atoms with Crippen molar-refractivity contribution in [3.05, 3.63) is 24.0 Å². The van der Waals surface area contributed by atoms with Crippen molar-refractivity contribution in [3.63, 3.8) is 0 Å². The highest BCUT2D eigenvalue weighted by molar-refractivity contribution is 5.52. The van der Waals surface area contributed by atoms with E-state index in [-0.39, 0.29) is 0 Å². The molecule has 0 fully saturated rings. The molecule has 0 saturated carbocycles. The Morgan fingerprint density at radius 1 is 1.41 bits per heavy atom. The monoisotopic (exact) mass is 247 g/mol. The second-order valence-corrected chi connectivity index (χ2v) is 3.66. The fraction of sp³-hybridized carbons (Fsp3) is 0.545. The van der Waals surface area contributed by atoms with Gasteiger partial charge in [-0.25, -0.2) is 0 Å². The van der Waals surface area contributed by atoms with Crippen LogP contribution in [0.25, 0.3) is 0 Å². The summed E-state index contributed by atoms with van der Waals surface area (Å²) < 4.78 is 37.3. The van der Waals surface area contributed by atoms with Gasteiger partial charge in [0, 0.05) is 36.7 Å². The van der Waals surface area contributed by atoms with E-state index < -0.39 is 12.7 Å². The Balaban J connectivity index is 2.94. The van der Waals surface area contributed by atoms with Gasteiger partial charge in [0.2, 0.25) is 0 Å². The average Bonchev–Trinajstić information content (AvgIpc) is 2.26. The molecule has 0 aliphatic carbocycles.